The summed E-state index contributed by atoms with van der Waals surface area (Å²) in [6.45, 7) is 9.61. The highest BCUT2D eigenvalue weighted by Gasteiger charge is 2.23. The van der Waals surface area contributed by atoms with Crippen LogP contribution < -0.4 is 10.6 Å². The quantitative estimate of drug-likeness (QED) is 0.776. The lowest BCUT2D eigenvalue weighted by Crippen LogP contribution is -2.39. The van der Waals surface area contributed by atoms with Crippen molar-refractivity contribution in [1.29, 1.82) is 0 Å². The first kappa shape index (κ1) is 12.4. The van der Waals surface area contributed by atoms with Crippen LogP contribution in [0.25, 0.3) is 0 Å². The van der Waals surface area contributed by atoms with Crippen LogP contribution in [0, 0.1) is 11.8 Å². The minimum absolute atomic E-state index is 0.494. The lowest BCUT2D eigenvalue weighted by atomic mass is 10.00. The molecule has 0 fully saturated rings. The van der Waals surface area contributed by atoms with Gasteiger partial charge in [-0.3, -0.25) is 9.98 Å². The standard InChI is InChI=1S/C13H24N4/c1-9(2)12-16-8-11(17-12)7-10(3)13-14-5-4-6-15-13/h9-11H,4-8H2,1-3H3,(H,14,15)(H,16,17). The van der Waals surface area contributed by atoms with E-state index in [4.69, 9.17) is 0 Å². The molecule has 0 aromatic carbocycles. The lowest BCUT2D eigenvalue weighted by molar-refractivity contribution is 0.521. The van der Waals surface area contributed by atoms with Crippen molar-refractivity contribution in [2.45, 2.75) is 39.7 Å². The molecule has 2 aliphatic rings. The monoisotopic (exact) mass is 236 g/mol. The molecule has 2 aliphatic heterocycles. The van der Waals surface area contributed by atoms with Gasteiger partial charge in [0.05, 0.1) is 18.2 Å². The van der Waals surface area contributed by atoms with Crippen molar-refractivity contribution in [2.75, 3.05) is 19.6 Å². The third-order valence-electron chi connectivity index (χ3n) is 3.41. The summed E-state index contributed by atoms with van der Waals surface area (Å²) in [4.78, 5) is 9.13. The zero-order chi connectivity index (χ0) is 12.3. The Hall–Kier alpha value is -1.06. The highest BCUT2D eigenvalue weighted by molar-refractivity contribution is 5.86. The maximum atomic E-state index is 4.57. The summed E-state index contributed by atoms with van der Waals surface area (Å²) in [6, 6.07) is 0.494. The maximum absolute atomic E-state index is 4.57. The Morgan fingerprint density at radius 1 is 1.24 bits per heavy atom. The third kappa shape index (κ3) is 3.20. The molecule has 4 nitrogen and oxygen atoms in total. The van der Waals surface area contributed by atoms with Crippen molar-refractivity contribution in [3.63, 3.8) is 0 Å². The van der Waals surface area contributed by atoms with Crippen LogP contribution in [-0.2, 0) is 0 Å². The van der Waals surface area contributed by atoms with Crippen LogP contribution in [0.3, 0.4) is 0 Å². The van der Waals surface area contributed by atoms with Gasteiger partial charge in [0.1, 0.15) is 0 Å². The van der Waals surface area contributed by atoms with Crippen LogP contribution in [0.4, 0.5) is 0 Å². The van der Waals surface area contributed by atoms with E-state index in [2.05, 4.69) is 41.4 Å². The van der Waals surface area contributed by atoms with E-state index < -0.39 is 0 Å². The van der Waals surface area contributed by atoms with Gasteiger partial charge in [-0.1, -0.05) is 20.8 Å². The van der Waals surface area contributed by atoms with Crippen molar-refractivity contribution < 1.29 is 0 Å². The topological polar surface area (TPSA) is 48.8 Å². The van der Waals surface area contributed by atoms with Gasteiger partial charge in [-0.2, -0.15) is 0 Å². The van der Waals surface area contributed by atoms with Crippen LogP contribution in [0.5, 0.6) is 0 Å². The average molecular weight is 236 g/mol. The maximum Gasteiger partial charge on any atom is 0.0992 e. The fourth-order valence-corrected chi connectivity index (χ4v) is 2.41. The molecule has 2 unspecified atom stereocenters. The average Bonchev–Trinajstić information content (AvgIpc) is 2.79. The Labute approximate surface area is 104 Å². The highest BCUT2D eigenvalue weighted by Crippen LogP contribution is 2.14. The first-order valence-electron chi connectivity index (χ1n) is 6.76. The zero-order valence-electron chi connectivity index (χ0n) is 11.2. The second-order valence-corrected chi connectivity index (χ2v) is 5.41. The minimum Gasteiger partial charge on any atom is -0.374 e. The largest absolute Gasteiger partial charge is 0.374 e. The second kappa shape index (κ2) is 5.52. The van der Waals surface area contributed by atoms with Gasteiger partial charge < -0.3 is 10.6 Å². The lowest BCUT2D eigenvalue weighted by Gasteiger charge is -2.23. The molecule has 2 heterocycles. The summed E-state index contributed by atoms with van der Waals surface area (Å²) >= 11 is 0. The van der Waals surface area contributed by atoms with Gasteiger partial charge in [-0.05, 0) is 12.8 Å². The van der Waals surface area contributed by atoms with Crippen LogP contribution in [0.1, 0.15) is 33.6 Å². The SMILES string of the molecule is CC(C)C1=NCC(CC(C)C2=NCCCN2)N1. The van der Waals surface area contributed by atoms with Gasteiger partial charge >= 0.3 is 0 Å². The molecule has 2 rings (SSSR count). The molecule has 0 radical (unpaired) electrons. The molecule has 0 saturated heterocycles. The van der Waals surface area contributed by atoms with Crippen LogP contribution in [0.2, 0.25) is 0 Å². The number of nitrogens with one attached hydrogen (secondary N) is 2. The van der Waals surface area contributed by atoms with Crippen LogP contribution in [0.15, 0.2) is 9.98 Å². The normalized spacial score (nSPS) is 26.0. The molecule has 0 saturated carbocycles. The summed E-state index contributed by atoms with van der Waals surface area (Å²) in [5, 5.41) is 6.94. The first-order chi connectivity index (χ1) is 8.16. The van der Waals surface area contributed by atoms with Gasteiger partial charge in [0.15, 0.2) is 0 Å². The van der Waals surface area contributed by atoms with E-state index in [9.17, 15) is 0 Å². The Kier molecular flexibility index (Phi) is 4.02. The van der Waals surface area contributed by atoms with E-state index >= 15 is 0 Å². The van der Waals surface area contributed by atoms with Gasteiger partial charge in [0, 0.05) is 31.0 Å². The van der Waals surface area contributed by atoms with Crippen molar-refractivity contribution in [3.8, 4) is 0 Å². The fraction of sp³-hybridized carbons (Fsp3) is 0.846. The predicted molar refractivity (Wildman–Crippen MR) is 72.8 cm³/mol. The molecule has 0 bridgehead atoms. The van der Waals surface area contributed by atoms with Gasteiger partial charge in [0.25, 0.3) is 0 Å². The summed E-state index contributed by atoms with van der Waals surface area (Å²) in [7, 11) is 0. The van der Waals surface area contributed by atoms with E-state index in [-0.39, 0.29) is 0 Å². The molecule has 2 N–H and O–H groups in total. The first-order valence-corrected chi connectivity index (χ1v) is 6.76. The molecular weight excluding hydrogens is 212 g/mol. The highest BCUT2D eigenvalue weighted by atomic mass is 15.1. The van der Waals surface area contributed by atoms with E-state index in [1.165, 1.54) is 18.1 Å². The molecule has 17 heavy (non-hydrogen) atoms. The molecule has 2 atom stereocenters. The number of aliphatic imine (C=N–C) groups is 2. The number of amidine groups is 2. The smallest absolute Gasteiger partial charge is 0.0992 e. The Morgan fingerprint density at radius 3 is 2.65 bits per heavy atom. The third-order valence-corrected chi connectivity index (χ3v) is 3.41. The zero-order valence-corrected chi connectivity index (χ0v) is 11.2. The van der Waals surface area contributed by atoms with Gasteiger partial charge in [-0.25, -0.2) is 0 Å². The molecule has 96 valence electrons. The summed E-state index contributed by atoms with van der Waals surface area (Å²) in [5.74, 6) is 3.38. The fourth-order valence-electron chi connectivity index (χ4n) is 2.41. The van der Waals surface area contributed by atoms with Crippen molar-refractivity contribution in [3.05, 3.63) is 0 Å². The van der Waals surface area contributed by atoms with Crippen molar-refractivity contribution in [2.24, 2.45) is 21.8 Å². The molecule has 0 amide bonds. The van der Waals surface area contributed by atoms with E-state index in [1.54, 1.807) is 0 Å². The van der Waals surface area contributed by atoms with Gasteiger partial charge in [0.2, 0.25) is 0 Å². The molecule has 4 heteroatoms. The predicted octanol–water partition coefficient (Wildman–Crippen LogP) is 1.43. The van der Waals surface area contributed by atoms with Crippen LogP contribution >= 0.6 is 0 Å². The molecule has 0 aliphatic carbocycles. The number of hydrogen-bond donors (Lipinski definition) is 2. The molecule has 0 aromatic rings. The number of hydrogen-bond acceptors (Lipinski definition) is 4. The number of nitrogens with zero attached hydrogens (tertiary/aromatic N) is 2. The van der Waals surface area contributed by atoms with Crippen LogP contribution in [-0.4, -0.2) is 37.3 Å². The summed E-state index contributed by atoms with van der Waals surface area (Å²) in [5.41, 5.74) is 0. The van der Waals surface area contributed by atoms with E-state index in [0.717, 1.165) is 26.1 Å². The molecular formula is C13H24N4. The summed E-state index contributed by atoms with van der Waals surface area (Å²) in [6.07, 6.45) is 2.28. The summed E-state index contributed by atoms with van der Waals surface area (Å²) < 4.78 is 0. The van der Waals surface area contributed by atoms with E-state index in [1.807, 2.05) is 0 Å². The number of rotatable bonds is 4. The molecule has 0 aromatic heterocycles. The Morgan fingerprint density at radius 2 is 2.06 bits per heavy atom. The van der Waals surface area contributed by atoms with Crippen molar-refractivity contribution in [1.82, 2.24) is 10.6 Å². The molecule has 0 spiro atoms. The Bertz CT molecular complexity index is 319. The minimum atomic E-state index is 0.494. The van der Waals surface area contributed by atoms with Gasteiger partial charge in [-0.15, -0.1) is 0 Å². The van der Waals surface area contributed by atoms with Crippen molar-refractivity contribution >= 4 is 11.7 Å². The van der Waals surface area contributed by atoms with E-state index in [0.29, 0.717) is 17.9 Å². The Balaban J connectivity index is 1.81. The second-order valence-electron chi connectivity index (χ2n) is 5.41.